The normalized spacial score (nSPS) is 20.7. The fraction of sp³-hybridized carbons (Fsp3) is 0.556. The zero-order valence-electron chi connectivity index (χ0n) is 14.8. The van der Waals surface area contributed by atoms with E-state index in [0.717, 1.165) is 18.4 Å². The van der Waals surface area contributed by atoms with Gasteiger partial charge >= 0.3 is 5.97 Å². The van der Waals surface area contributed by atoms with Crippen LogP contribution in [-0.2, 0) is 24.3 Å². The van der Waals surface area contributed by atoms with Crippen molar-refractivity contribution < 1.29 is 22.7 Å². The molecule has 0 aromatic heterocycles. The van der Waals surface area contributed by atoms with Crippen LogP contribution >= 0.6 is 0 Å². The molecule has 26 heavy (non-hydrogen) atoms. The maximum Gasteiger partial charge on any atom is 0.325 e. The number of ether oxygens (including phenoxy) is 1. The van der Waals surface area contributed by atoms with Gasteiger partial charge in [-0.15, -0.1) is 0 Å². The Kier molecular flexibility index (Phi) is 5.62. The van der Waals surface area contributed by atoms with Gasteiger partial charge in [0, 0.05) is 6.54 Å². The standard InChI is InChI=1S/C18H24N2O5S/c1-13-4-8-15(9-5-13)26(23,24)20-10-2-3-16(20)18(22)19-11-17(21)25-12-14-6-7-14/h4-5,8-9,14,16H,2-3,6-7,10-12H2,1H3,(H,19,22)/t16-/m1/s1. The first-order valence-corrected chi connectivity index (χ1v) is 10.3. The van der Waals surface area contributed by atoms with Crippen molar-refractivity contribution in [1.29, 1.82) is 0 Å². The molecule has 1 aliphatic carbocycles. The first-order chi connectivity index (χ1) is 12.4. The molecule has 0 spiro atoms. The third-order valence-electron chi connectivity index (χ3n) is 4.72. The fourth-order valence-corrected chi connectivity index (χ4v) is 4.62. The van der Waals surface area contributed by atoms with Crippen LogP contribution in [0.4, 0.5) is 0 Å². The molecule has 0 unspecified atom stereocenters. The van der Waals surface area contributed by atoms with Crippen LogP contribution in [-0.4, -0.2) is 50.3 Å². The Morgan fingerprint density at radius 2 is 1.88 bits per heavy atom. The highest BCUT2D eigenvalue weighted by Gasteiger charge is 2.39. The summed E-state index contributed by atoms with van der Waals surface area (Å²) >= 11 is 0. The molecule has 1 saturated carbocycles. The molecule has 1 N–H and O–H groups in total. The first kappa shape index (κ1) is 18.8. The lowest BCUT2D eigenvalue weighted by Crippen LogP contribution is -2.47. The summed E-state index contributed by atoms with van der Waals surface area (Å²) in [5, 5.41) is 2.51. The van der Waals surface area contributed by atoms with E-state index in [1.54, 1.807) is 24.3 Å². The monoisotopic (exact) mass is 380 g/mol. The number of esters is 1. The Balaban J connectivity index is 1.60. The molecule has 1 aromatic carbocycles. The van der Waals surface area contributed by atoms with Gasteiger partial charge in [0.05, 0.1) is 11.5 Å². The van der Waals surface area contributed by atoms with E-state index in [0.29, 0.717) is 31.9 Å². The molecule has 1 amide bonds. The van der Waals surface area contributed by atoms with Crippen LogP contribution in [0.2, 0.25) is 0 Å². The highest BCUT2D eigenvalue weighted by atomic mass is 32.2. The molecule has 2 fully saturated rings. The number of rotatable bonds is 7. The van der Waals surface area contributed by atoms with Crippen molar-refractivity contribution in [3.8, 4) is 0 Å². The van der Waals surface area contributed by atoms with Gasteiger partial charge in [-0.2, -0.15) is 4.31 Å². The Hall–Kier alpha value is -1.93. The van der Waals surface area contributed by atoms with Crippen molar-refractivity contribution in [2.24, 2.45) is 5.92 Å². The minimum Gasteiger partial charge on any atom is -0.464 e. The van der Waals surface area contributed by atoms with Crippen LogP contribution in [0.3, 0.4) is 0 Å². The number of nitrogens with one attached hydrogen (secondary N) is 1. The third kappa shape index (κ3) is 4.42. The minimum absolute atomic E-state index is 0.173. The quantitative estimate of drug-likeness (QED) is 0.718. The maximum absolute atomic E-state index is 12.8. The van der Waals surface area contributed by atoms with E-state index in [9.17, 15) is 18.0 Å². The average Bonchev–Trinajstić information content (AvgIpc) is 3.31. The molecule has 3 rings (SSSR count). The Labute approximate surface area is 153 Å². The molecule has 1 aliphatic heterocycles. The van der Waals surface area contributed by atoms with Gasteiger partial charge in [0.25, 0.3) is 0 Å². The lowest BCUT2D eigenvalue weighted by molar-refractivity contribution is -0.144. The summed E-state index contributed by atoms with van der Waals surface area (Å²) in [5.41, 5.74) is 0.962. The van der Waals surface area contributed by atoms with Crippen LogP contribution in [0.1, 0.15) is 31.2 Å². The molecule has 1 atom stereocenters. The molecular weight excluding hydrogens is 356 g/mol. The van der Waals surface area contributed by atoms with Crippen molar-refractivity contribution in [2.45, 2.75) is 43.5 Å². The molecule has 8 heteroatoms. The van der Waals surface area contributed by atoms with Gasteiger partial charge in [-0.25, -0.2) is 8.42 Å². The average molecular weight is 380 g/mol. The summed E-state index contributed by atoms with van der Waals surface area (Å²) in [5.74, 6) is -0.489. The summed E-state index contributed by atoms with van der Waals surface area (Å²) in [6.07, 6.45) is 3.20. The highest BCUT2D eigenvalue weighted by Crippen LogP contribution is 2.29. The molecule has 1 aromatic rings. The van der Waals surface area contributed by atoms with Crippen molar-refractivity contribution in [3.05, 3.63) is 29.8 Å². The fourth-order valence-electron chi connectivity index (χ4n) is 2.96. The summed E-state index contributed by atoms with van der Waals surface area (Å²) < 4.78 is 32.0. The second-order valence-corrected chi connectivity index (χ2v) is 8.82. The van der Waals surface area contributed by atoms with Crippen LogP contribution in [0.5, 0.6) is 0 Å². The van der Waals surface area contributed by atoms with Crippen molar-refractivity contribution >= 4 is 21.9 Å². The summed E-state index contributed by atoms with van der Waals surface area (Å²) in [4.78, 5) is 24.2. The van der Waals surface area contributed by atoms with E-state index in [-0.39, 0.29) is 11.4 Å². The van der Waals surface area contributed by atoms with Gasteiger partial charge in [0.15, 0.2) is 0 Å². The van der Waals surface area contributed by atoms with Crippen LogP contribution < -0.4 is 5.32 Å². The largest absolute Gasteiger partial charge is 0.464 e. The number of hydrogen-bond donors (Lipinski definition) is 1. The molecule has 142 valence electrons. The number of nitrogens with zero attached hydrogens (tertiary/aromatic N) is 1. The van der Waals surface area contributed by atoms with Gasteiger partial charge in [0.1, 0.15) is 12.6 Å². The van der Waals surface area contributed by atoms with Gasteiger partial charge in [-0.1, -0.05) is 17.7 Å². The molecule has 2 aliphatic rings. The lowest BCUT2D eigenvalue weighted by Gasteiger charge is -2.23. The Morgan fingerprint density at radius 1 is 1.19 bits per heavy atom. The zero-order chi connectivity index (χ0) is 18.7. The van der Waals surface area contributed by atoms with Gasteiger partial charge in [-0.05, 0) is 50.7 Å². The number of sulfonamides is 1. The highest BCUT2D eigenvalue weighted by molar-refractivity contribution is 7.89. The molecular formula is C18H24N2O5S. The van der Waals surface area contributed by atoms with Crippen molar-refractivity contribution in [2.75, 3.05) is 19.7 Å². The van der Waals surface area contributed by atoms with E-state index in [1.165, 1.54) is 4.31 Å². The second-order valence-electron chi connectivity index (χ2n) is 6.93. The van der Waals surface area contributed by atoms with Crippen LogP contribution in [0.25, 0.3) is 0 Å². The first-order valence-electron chi connectivity index (χ1n) is 8.90. The van der Waals surface area contributed by atoms with E-state index < -0.39 is 27.9 Å². The Bertz CT molecular complexity index is 771. The predicted octanol–water partition coefficient (Wildman–Crippen LogP) is 1.22. The molecule has 1 saturated heterocycles. The maximum atomic E-state index is 12.8. The lowest BCUT2D eigenvalue weighted by atomic mass is 10.2. The number of carbonyl (C=O) groups excluding carboxylic acids is 2. The minimum atomic E-state index is -3.75. The molecule has 1 heterocycles. The second kappa shape index (κ2) is 7.75. The molecule has 0 radical (unpaired) electrons. The van der Waals surface area contributed by atoms with E-state index >= 15 is 0 Å². The number of aryl methyl sites for hydroxylation is 1. The summed E-state index contributed by atoms with van der Waals surface area (Å²) in [6.45, 7) is 2.33. The molecule has 0 bridgehead atoms. The Morgan fingerprint density at radius 3 is 2.54 bits per heavy atom. The van der Waals surface area contributed by atoms with E-state index in [1.807, 2.05) is 6.92 Å². The van der Waals surface area contributed by atoms with Crippen molar-refractivity contribution in [3.63, 3.8) is 0 Å². The number of amides is 1. The van der Waals surface area contributed by atoms with Gasteiger partial charge in [-0.3, -0.25) is 9.59 Å². The van der Waals surface area contributed by atoms with Crippen LogP contribution in [0, 0.1) is 12.8 Å². The SMILES string of the molecule is Cc1ccc(S(=O)(=O)N2CCC[C@@H]2C(=O)NCC(=O)OCC2CC2)cc1. The topological polar surface area (TPSA) is 92.8 Å². The smallest absolute Gasteiger partial charge is 0.325 e. The summed E-state index contributed by atoms with van der Waals surface area (Å²) in [7, 11) is -3.75. The molecule has 7 nitrogen and oxygen atoms in total. The van der Waals surface area contributed by atoms with Gasteiger partial charge < -0.3 is 10.1 Å². The number of carbonyl (C=O) groups is 2. The third-order valence-corrected chi connectivity index (χ3v) is 6.64. The number of hydrogen-bond acceptors (Lipinski definition) is 5. The van der Waals surface area contributed by atoms with Crippen LogP contribution in [0.15, 0.2) is 29.2 Å². The summed E-state index contributed by atoms with van der Waals surface area (Å²) in [6, 6.07) is 5.76. The van der Waals surface area contributed by atoms with E-state index in [4.69, 9.17) is 4.74 Å². The zero-order valence-corrected chi connectivity index (χ0v) is 15.6. The van der Waals surface area contributed by atoms with E-state index in [2.05, 4.69) is 5.32 Å². The number of benzene rings is 1. The van der Waals surface area contributed by atoms with Crippen molar-refractivity contribution in [1.82, 2.24) is 9.62 Å². The van der Waals surface area contributed by atoms with Gasteiger partial charge in [0.2, 0.25) is 15.9 Å². The predicted molar refractivity (Wildman–Crippen MR) is 94.8 cm³/mol.